The van der Waals surface area contributed by atoms with Crippen molar-refractivity contribution >= 4 is 11.9 Å². The lowest BCUT2D eigenvalue weighted by Gasteiger charge is -2.35. The highest BCUT2D eigenvalue weighted by Crippen LogP contribution is 2.27. The molecular weight excluding hydrogens is 282 g/mol. The van der Waals surface area contributed by atoms with Crippen molar-refractivity contribution in [1.29, 1.82) is 0 Å². The van der Waals surface area contributed by atoms with Gasteiger partial charge in [-0.05, 0) is 53.5 Å². The van der Waals surface area contributed by atoms with Crippen molar-refractivity contribution in [1.82, 2.24) is 15.5 Å². The summed E-state index contributed by atoms with van der Waals surface area (Å²) in [5, 5.41) is 6.32. The third kappa shape index (κ3) is 4.68. The summed E-state index contributed by atoms with van der Waals surface area (Å²) in [6.45, 7) is 9.54. The Balaban J connectivity index is 1.99. The van der Waals surface area contributed by atoms with Gasteiger partial charge in [0.15, 0.2) is 0 Å². The Labute approximate surface area is 132 Å². The van der Waals surface area contributed by atoms with Gasteiger partial charge in [-0.1, -0.05) is 0 Å². The van der Waals surface area contributed by atoms with Gasteiger partial charge in [0.1, 0.15) is 11.4 Å². The molecule has 2 N–H and O–H groups in total. The SMILES string of the molecule is CC(=O)[C@@H]1CC[C@@H]2CCNC[C@H](NC(=O)OC(C)(C)C)CN21. The van der Waals surface area contributed by atoms with E-state index in [1.807, 2.05) is 20.8 Å². The van der Waals surface area contributed by atoms with E-state index in [0.29, 0.717) is 19.1 Å². The highest BCUT2D eigenvalue weighted by Gasteiger charge is 2.38. The second-order valence-electron chi connectivity index (χ2n) is 7.39. The quantitative estimate of drug-likeness (QED) is 0.804. The molecule has 2 aliphatic rings. The van der Waals surface area contributed by atoms with Crippen molar-refractivity contribution in [2.45, 2.75) is 70.7 Å². The van der Waals surface area contributed by atoms with Crippen LogP contribution in [0.25, 0.3) is 0 Å². The van der Waals surface area contributed by atoms with Crippen molar-refractivity contribution in [3.8, 4) is 0 Å². The number of ketones is 1. The number of ether oxygens (including phenoxy) is 1. The van der Waals surface area contributed by atoms with Crippen molar-refractivity contribution < 1.29 is 14.3 Å². The van der Waals surface area contributed by atoms with Gasteiger partial charge in [-0.15, -0.1) is 0 Å². The molecule has 0 aliphatic carbocycles. The van der Waals surface area contributed by atoms with E-state index in [1.54, 1.807) is 6.92 Å². The first-order chi connectivity index (χ1) is 10.3. The van der Waals surface area contributed by atoms with Gasteiger partial charge in [0.05, 0.1) is 12.1 Å². The maximum Gasteiger partial charge on any atom is 0.407 e. The minimum atomic E-state index is -0.503. The van der Waals surface area contributed by atoms with Crippen molar-refractivity contribution in [3.05, 3.63) is 0 Å². The molecule has 2 aliphatic heterocycles. The Morgan fingerprint density at radius 2 is 1.95 bits per heavy atom. The van der Waals surface area contributed by atoms with Crippen LogP contribution in [-0.4, -0.2) is 60.1 Å². The van der Waals surface area contributed by atoms with E-state index in [2.05, 4.69) is 15.5 Å². The zero-order valence-corrected chi connectivity index (χ0v) is 14.1. The first-order valence-electron chi connectivity index (χ1n) is 8.22. The summed E-state index contributed by atoms with van der Waals surface area (Å²) in [5.74, 6) is 0.229. The van der Waals surface area contributed by atoms with Crippen LogP contribution in [0.1, 0.15) is 47.0 Å². The van der Waals surface area contributed by atoms with Crippen LogP contribution in [0.4, 0.5) is 4.79 Å². The summed E-state index contributed by atoms with van der Waals surface area (Å²) in [6, 6.07) is 0.397. The summed E-state index contributed by atoms with van der Waals surface area (Å²) in [4.78, 5) is 26.1. The molecule has 6 nitrogen and oxygen atoms in total. The predicted molar refractivity (Wildman–Crippen MR) is 84.8 cm³/mol. The number of Topliss-reactive ketones (excluding diaryl/α,β-unsaturated/α-hetero) is 1. The normalized spacial score (nSPS) is 30.1. The van der Waals surface area contributed by atoms with Gasteiger partial charge in [0.2, 0.25) is 0 Å². The number of nitrogens with zero attached hydrogens (tertiary/aromatic N) is 1. The molecule has 2 heterocycles. The Hall–Kier alpha value is -1.14. The number of rotatable bonds is 2. The Kier molecular flexibility index (Phi) is 5.45. The molecule has 0 aromatic rings. The largest absolute Gasteiger partial charge is 0.444 e. The van der Waals surface area contributed by atoms with Gasteiger partial charge in [-0.3, -0.25) is 9.69 Å². The summed E-state index contributed by atoms with van der Waals surface area (Å²) < 4.78 is 5.33. The molecule has 2 fully saturated rings. The van der Waals surface area contributed by atoms with E-state index < -0.39 is 11.7 Å². The van der Waals surface area contributed by atoms with Gasteiger partial charge in [0, 0.05) is 19.1 Å². The average Bonchev–Trinajstić information content (AvgIpc) is 2.71. The molecule has 2 rings (SSSR count). The molecule has 0 spiro atoms. The predicted octanol–water partition coefficient (Wildman–Crippen LogP) is 1.29. The molecule has 0 unspecified atom stereocenters. The number of carbonyl (C=O) groups excluding carboxylic acids is 2. The zero-order valence-electron chi connectivity index (χ0n) is 14.1. The lowest BCUT2D eigenvalue weighted by molar-refractivity contribution is -0.121. The topological polar surface area (TPSA) is 70.7 Å². The van der Waals surface area contributed by atoms with E-state index >= 15 is 0 Å². The molecule has 0 saturated carbocycles. The summed E-state index contributed by atoms with van der Waals surface area (Å²) in [7, 11) is 0. The minimum absolute atomic E-state index is 0.00559. The number of alkyl carbamates (subject to hydrolysis) is 1. The molecular formula is C16H29N3O3. The Morgan fingerprint density at radius 3 is 2.59 bits per heavy atom. The van der Waals surface area contributed by atoms with Crippen molar-refractivity contribution in [2.24, 2.45) is 0 Å². The third-order valence-corrected chi connectivity index (χ3v) is 4.31. The molecule has 6 heteroatoms. The highest BCUT2D eigenvalue weighted by molar-refractivity contribution is 5.81. The lowest BCUT2D eigenvalue weighted by atomic mass is 10.1. The fraction of sp³-hybridized carbons (Fsp3) is 0.875. The van der Waals surface area contributed by atoms with Gasteiger partial charge < -0.3 is 15.4 Å². The third-order valence-electron chi connectivity index (χ3n) is 4.31. The molecule has 22 heavy (non-hydrogen) atoms. The number of amides is 1. The monoisotopic (exact) mass is 311 g/mol. The van der Waals surface area contributed by atoms with E-state index in [4.69, 9.17) is 4.74 Å². The molecule has 2 saturated heterocycles. The summed E-state index contributed by atoms with van der Waals surface area (Å²) >= 11 is 0. The van der Waals surface area contributed by atoms with Gasteiger partial charge in [-0.25, -0.2) is 4.79 Å². The molecule has 1 amide bonds. The van der Waals surface area contributed by atoms with Crippen LogP contribution in [-0.2, 0) is 9.53 Å². The van der Waals surface area contributed by atoms with E-state index in [0.717, 1.165) is 25.8 Å². The number of fused-ring (bicyclic) bond motifs is 1. The van der Waals surface area contributed by atoms with Gasteiger partial charge >= 0.3 is 6.09 Å². The van der Waals surface area contributed by atoms with Crippen LogP contribution in [0.2, 0.25) is 0 Å². The Bertz CT molecular complexity index is 419. The second kappa shape index (κ2) is 6.96. The molecule has 0 radical (unpaired) electrons. The van der Waals surface area contributed by atoms with Crippen LogP contribution >= 0.6 is 0 Å². The fourth-order valence-corrected chi connectivity index (χ4v) is 3.39. The number of nitrogens with one attached hydrogen (secondary N) is 2. The van der Waals surface area contributed by atoms with Crippen LogP contribution in [0.3, 0.4) is 0 Å². The maximum absolute atomic E-state index is 12.0. The second-order valence-corrected chi connectivity index (χ2v) is 7.39. The summed E-state index contributed by atoms with van der Waals surface area (Å²) in [5.41, 5.74) is -0.503. The molecule has 0 bridgehead atoms. The van der Waals surface area contributed by atoms with Crippen LogP contribution in [0, 0.1) is 0 Å². The zero-order chi connectivity index (χ0) is 16.3. The number of carbonyl (C=O) groups is 2. The van der Waals surface area contributed by atoms with Crippen molar-refractivity contribution in [3.63, 3.8) is 0 Å². The van der Waals surface area contributed by atoms with E-state index in [-0.39, 0.29) is 17.9 Å². The molecule has 0 aromatic carbocycles. The van der Waals surface area contributed by atoms with Crippen LogP contribution < -0.4 is 10.6 Å². The minimum Gasteiger partial charge on any atom is -0.444 e. The summed E-state index contributed by atoms with van der Waals surface area (Å²) in [6.07, 6.45) is 2.66. The first kappa shape index (κ1) is 17.2. The first-order valence-corrected chi connectivity index (χ1v) is 8.22. The fourth-order valence-electron chi connectivity index (χ4n) is 3.39. The van der Waals surface area contributed by atoms with Crippen molar-refractivity contribution in [2.75, 3.05) is 19.6 Å². The number of hydrogen-bond donors (Lipinski definition) is 2. The maximum atomic E-state index is 12.0. The molecule has 0 aromatic heterocycles. The average molecular weight is 311 g/mol. The lowest BCUT2D eigenvalue weighted by Crippen LogP contribution is -2.55. The van der Waals surface area contributed by atoms with Gasteiger partial charge in [-0.2, -0.15) is 0 Å². The van der Waals surface area contributed by atoms with Gasteiger partial charge in [0.25, 0.3) is 0 Å². The van der Waals surface area contributed by atoms with E-state index in [9.17, 15) is 9.59 Å². The van der Waals surface area contributed by atoms with E-state index in [1.165, 1.54) is 0 Å². The highest BCUT2D eigenvalue weighted by atomic mass is 16.6. The Morgan fingerprint density at radius 1 is 1.23 bits per heavy atom. The standard InChI is InChI=1S/C16H29N3O3/c1-11(20)14-6-5-13-7-8-17-9-12(10-19(13)14)18-15(21)22-16(2,3)4/h12-14,17H,5-10H2,1-4H3,(H,18,21)/t12-,13+,14-/m0/s1. The van der Waals surface area contributed by atoms with Crippen LogP contribution in [0.5, 0.6) is 0 Å². The van der Waals surface area contributed by atoms with Crippen LogP contribution in [0.15, 0.2) is 0 Å². The molecule has 126 valence electrons. The number of hydrogen-bond acceptors (Lipinski definition) is 5. The smallest absolute Gasteiger partial charge is 0.407 e. The molecule has 3 atom stereocenters.